The van der Waals surface area contributed by atoms with E-state index in [4.69, 9.17) is 5.14 Å². The third-order valence-corrected chi connectivity index (χ3v) is 5.16. The molecule has 1 aromatic heterocycles. The van der Waals surface area contributed by atoms with Gasteiger partial charge in [0, 0.05) is 24.7 Å². The van der Waals surface area contributed by atoms with Gasteiger partial charge in [-0.25, -0.2) is 18.5 Å². The van der Waals surface area contributed by atoms with Crippen LogP contribution < -0.4 is 10.5 Å². The second kappa shape index (κ2) is 7.50. The van der Waals surface area contributed by atoms with Crippen molar-refractivity contribution >= 4 is 32.7 Å². The number of imidazole rings is 1. The predicted octanol–water partition coefficient (Wildman–Crippen LogP) is 3.11. The molecule has 0 saturated carbocycles. The number of primary sulfonamides is 1. The van der Waals surface area contributed by atoms with Gasteiger partial charge in [0.05, 0.1) is 15.9 Å². The van der Waals surface area contributed by atoms with Crippen molar-refractivity contribution in [2.24, 2.45) is 5.14 Å². The van der Waals surface area contributed by atoms with E-state index in [1.165, 1.54) is 19.1 Å². The first-order valence-electron chi connectivity index (χ1n) is 8.70. The lowest BCUT2D eigenvalue weighted by Crippen LogP contribution is -2.11. The van der Waals surface area contributed by atoms with Crippen LogP contribution in [0.3, 0.4) is 0 Å². The molecule has 0 unspecified atom stereocenters. The number of unbranched alkanes of at least 4 members (excludes halogenated alkanes) is 1. The number of nitrogens with zero attached hydrogens (tertiary/aromatic N) is 2. The molecule has 8 heteroatoms. The van der Waals surface area contributed by atoms with Gasteiger partial charge in [0.15, 0.2) is 0 Å². The van der Waals surface area contributed by atoms with Crippen LogP contribution in [0.2, 0.25) is 0 Å². The van der Waals surface area contributed by atoms with Crippen LogP contribution in [0.4, 0.5) is 5.69 Å². The predicted molar refractivity (Wildman–Crippen MR) is 106 cm³/mol. The highest BCUT2D eigenvalue weighted by atomic mass is 32.2. The number of sulfonamides is 1. The fourth-order valence-electron chi connectivity index (χ4n) is 2.96. The third-order valence-electron chi connectivity index (χ3n) is 4.25. The fourth-order valence-corrected chi connectivity index (χ4v) is 3.49. The molecule has 2 aromatic carbocycles. The first-order chi connectivity index (χ1) is 12.8. The van der Waals surface area contributed by atoms with Crippen LogP contribution in [0.5, 0.6) is 0 Å². The Balaban J connectivity index is 2.11. The van der Waals surface area contributed by atoms with E-state index < -0.39 is 10.0 Å². The number of aromatic nitrogens is 2. The molecule has 0 saturated heterocycles. The van der Waals surface area contributed by atoms with Crippen LogP contribution in [-0.2, 0) is 21.4 Å². The maximum atomic E-state index is 11.6. The number of fused-ring (bicyclic) bond motifs is 1. The first-order valence-corrected chi connectivity index (χ1v) is 10.3. The molecular weight excluding hydrogens is 364 g/mol. The number of anilines is 1. The Bertz CT molecular complexity index is 1090. The Morgan fingerprint density at radius 1 is 1.19 bits per heavy atom. The summed E-state index contributed by atoms with van der Waals surface area (Å²) in [7, 11) is -3.79. The van der Waals surface area contributed by atoms with Crippen LogP contribution in [-0.4, -0.2) is 23.9 Å². The minimum Gasteiger partial charge on any atom is -0.326 e. The average molecular weight is 386 g/mol. The lowest BCUT2D eigenvalue weighted by atomic mass is 10.2. The van der Waals surface area contributed by atoms with Gasteiger partial charge in [0.1, 0.15) is 5.82 Å². The van der Waals surface area contributed by atoms with Crippen LogP contribution >= 0.6 is 0 Å². The van der Waals surface area contributed by atoms with Gasteiger partial charge >= 0.3 is 0 Å². The van der Waals surface area contributed by atoms with Gasteiger partial charge in [-0.3, -0.25) is 4.79 Å². The lowest BCUT2D eigenvalue weighted by molar-refractivity contribution is -0.114. The van der Waals surface area contributed by atoms with Gasteiger partial charge < -0.3 is 9.88 Å². The molecule has 7 nitrogen and oxygen atoms in total. The molecule has 1 amide bonds. The number of hydrogen-bond donors (Lipinski definition) is 2. The molecule has 0 bridgehead atoms. The maximum Gasteiger partial charge on any atom is 0.238 e. The van der Waals surface area contributed by atoms with Gasteiger partial charge in [0.2, 0.25) is 15.9 Å². The summed E-state index contributed by atoms with van der Waals surface area (Å²) in [5.41, 5.74) is 3.03. The number of amides is 1. The number of benzene rings is 2. The number of carbonyl (C=O) groups excluding carboxylic acids is 1. The molecule has 3 aromatic rings. The standard InChI is InChI=1S/C19H22N4O3S/c1-3-4-11-23-18-10-9-16(27(20,25)26)12-17(18)22-19(23)14-5-7-15(8-6-14)21-13(2)24/h5-10,12H,3-4,11H2,1-2H3,(H,21,24)(H2,20,25,26). The van der Waals surface area contributed by atoms with Crippen molar-refractivity contribution in [2.45, 2.75) is 38.1 Å². The molecule has 0 spiro atoms. The van der Waals surface area contributed by atoms with Crippen LogP contribution in [0.25, 0.3) is 22.4 Å². The summed E-state index contributed by atoms with van der Waals surface area (Å²) in [5.74, 6) is 0.618. The highest BCUT2D eigenvalue weighted by Crippen LogP contribution is 2.28. The van der Waals surface area contributed by atoms with Crippen molar-refractivity contribution in [3.05, 3.63) is 42.5 Å². The Hall–Kier alpha value is -2.71. The van der Waals surface area contributed by atoms with Crippen molar-refractivity contribution in [1.29, 1.82) is 0 Å². The maximum absolute atomic E-state index is 11.6. The summed E-state index contributed by atoms with van der Waals surface area (Å²) < 4.78 is 25.4. The second-order valence-corrected chi connectivity index (χ2v) is 7.96. The SMILES string of the molecule is CCCCn1c(-c2ccc(NC(C)=O)cc2)nc2cc(S(N)(=O)=O)ccc21. The zero-order chi connectivity index (χ0) is 19.6. The third kappa shape index (κ3) is 4.17. The smallest absolute Gasteiger partial charge is 0.238 e. The summed E-state index contributed by atoms with van der Waals surface area (Å²) in [6.45, 7) is 4.34. The van der Waals surface area contributed by atoms with Gasteiger partial charge in [-0.05, 0) is 48.9 Å². The number of carbonyl (C=O) groups is 1. The van der Waals surface area contributed by atoms with E-state index in [2.05, 4.69) is 21.8 Å². The summed E-state index contributed by atoms with van der Waals surface area (Å²) in [6, 6.07) is 12.2. The fraction of sp³-hybridized carbons (Fsp3) is 0.263. The van der Waals surface area contributed by atoms with Gasteiger partial charge in [0.25, 0.3) is 0 Å². The number of hydrogen-bond acceptors (Lipinski definition) is 4. The summed E-state index contributed by atoms with van der Waals surface area (Å²) in [4.78, 5) is 15.9. The van der Waals surface area contributed by atoms with Crippen molar-refractivity contribution in [3.63, 3.8) is 0 Å². The molecule has 1 heterocycles. The van der Waals surface area contributed by atoms with Gasteiger partial charge in [-0.15, -0.1) is 0 Å². The minimum atomic E-state index is -3.79. The Morgan fingerprint density at radius 3 is 2.48 bits per heavy atom. The molecule has 0 aliphatic rings. The van der Waals surface area contributed by atoms with Gasteiger partial charge in [-0.1, -0.05) is 13.3 Å². The second-order valence-electron chi connectivity index (χ2n) is 6.39. The molecule has 3 rings (SSSR count). The lowest BCUT2D eigenvalue weighted by Gasteiger charge is -2.09. The number of rotatable bonds is 6. The Morgan fingerprint density at radius 2 is 1.89 bits per heavy atom. The molecule has 142 valence electrons. The molecule has 0 atom stereocenters. The van der Waals surface area contributed by atoms with Crippen LogP contribution in [0.1, 0.15) is 26.7 Å². The molecule has 0 aliphatic heterocycles. The molecule has 0 aliphatic carbocycles. The first kappa shape index (κ1) is 19.1. The highest BCUT2D eigenvalue weighted by Gasteiger charge is 2.16. The van der Waals surface area contributed by atoms with E-state index in [0.717, 1.165) is 36.3 Å². The monoisotopic (exact) mass is 386 g/mol. The summed E-state index contributed by atoms with van der Waals surface area (Å²) in [6.07, 6.45) is 2.00. The molecular formula is C19H22N4O3S. The molecule has 27 heavy (non-hydrogen) atoms. The largest absolute Gasteiger partial charge is 0.326 e. The molecule has 0 fully saturated rings. The van der Waals surface area contributed by atoms with Crippen LogP contribution in [0.15, 0.2) is 47.4 Å². The highest BCUT2D eigenvalue weighted by molar-refractivity contribution is 7.89. The van der Waals surface area contributed by atoms with Crippen molar-refractivity contribution in [3.8, 4) is 11.4 Å². The summed E-state index contributed by atoms with van der Waals surface area (Å²) in [5, 5.41) is 7.98. The van der Waals surface area contributed by atoms with E-state index in [1.54, 1.807) is 6.07 Å². The van der Waals surface area contributed by atoms with E-state index in [-0.39, 0.29) is 10.8 Å². The topological polar surface area (TPSA) is 107 Å². The average Bonchev–Trinajstić information content (AvgIpc) is 2.97. The summed E-state index contributed by atoms with van der Waals surface area (Å²) >= 11 is 0. The Labute approximate surface area is 158 Å². The van der Waals surface area contributed by atoms with Crippen LogP contribution in [0, 0.1) is 0 Å². The van der Waals surface area contributed by atoms with E-state index >= 15 is 0 Å². The number of aryl methyl sites for hydroxylation is 1. The minimum absolute atomic E-state index is 0.0442. The van der Waals surface area contributed by atoms with E-state index in [9.17, 15) is 13.2 Å². The zero-order valence-electron chi connectivity index (χ0n) is 15.3. The normalized spacial score (nSPS) is 11.7. The van der Waals surface area contributed by atoms with Crippen molar-refractivity contribution in [1.82, 2.24) is 9.55 Å². The zero-order valence-corrected chi connectivity index (χ0v) is 16.1. The Kier molecular flexibility index (Phi) is 5.29. The van der Waals surface area contributed by atoms with E-state index in [0.29, 0.717) is 11.2 Å². The van der Waals surface area contributed by atoms with Gasteiger partial charge in [-0.2, -0.15) is 0 Å². The number of nitrogens with two attached hydrogens (primary N) is 1. The van der Waals surface area contributed by atoms with E-state index in [1.807, 2.05) is 24.3 Å². The van der Waals surface area contributed by atoms with Crippen molar-refractivity contribution < 1.29 is 13.2 Å². The quantitative estimate of drug-likeness (QED) is 0.678. The molecule has 3 N–H and O–H groups in total. The molecule has 0 radical (unpaired) electrons. The number of nitrogens with one attached hydrogen (secondary N) is 1. The van der Waals surface area contributed by atoms with Crippen molar-refractivity contribution in [2.75, 3.05) is 5.32 Å².